The summed E-state index contributed by atoms with van der Waals surface area (Å²) in [5.74, 6) is 0.00544. The Morgan fingerprint density at radius 2 is 1.48 bits per heavy atom. The monoisotopic (exact) mass is 304 g/mol. The number of rotatable bonds is 8. The van der Waals surface area contributed by atoms with E-state index < -0.39 is 0 Å². The SMILES string of the molecule is CCCCC(CC)(CC)C(=O)OCC(C)(C)C.OCCO. The molecule has 21 heavy (non-hydrogen) atoms. The average molecular weight is 304 g/mol. The van der Waals surface area contributed by atoms with E-state index in [1.54, 1.807) is 0 Å². The maximum absolute atomic E-state index is 12.3. The number of carbonyl (C=O) groups excluding carboxylic acids is 1. The third-order valence-corrected chi connectivity index (χ3v) is 3.53. The van der Waals surface area contributed by atoms with Crippen molar-refractivity contribution < 1.29 is 19.7 Å². The van der Waals surface area contributed by atoms with Gasteiger partial charge in [0.2, 0.25) is 0 Å². The molecule has 2 N–H and O–H groups in total. The Bertz CT molecular complexity index is 250. The molecule has 0 heterocycles. The minimum absolute atomic E-state index is 0.00544. The Hall–Kier alpha value is -0.610. The normalized spacial score (nSPS) is 11.6. The van der Waals surface area contributed by atoms with Gasteiger partial charge in [-0.2, -0.15) is 0 Å². The number of carbonyl (C=O) groups is 1. The van der Waals surface area contributed by atoms with Crippen LogP contribution in [0.1, 0.15) is 73.6 Å². The lowest BCUT2D eigenvalue weighted by molar-refractivity contribution is -0.160. The highest BCUT2D eigenvalue weighted by Gasteiger charge is 2.36. The van der Waals surface area contributed by atoms with Gasteiger partial charge in [-0.25, -0.2) is 0 Å². The van der Waals surface area contributed by atoms with Gasteiger partial charge in [0.25, 0.3) is 0 Å². The number of hydrogen-bond donors (Lipinski definition) is 2. The zero-order valence-corrected chi connectivity index (χ0v) is 14.9. The second-order valence-corrected chi connectivity index (χ2v) is 6.67. The highest BCUT2D eigenvalue weighted by molar-refractivity contribution is 5.76. The van der Waals surface area contributed by atoms with Crippen LogP contribution in [0.25, 0.3) is 0 Å². The Morgan fingerprint density at radius 3 is 1.76 bits per heavy atom. The van der Waals surface area contributed by atoms with Crippen LogP contribution in [0.4, 0.5) is 0 Å². The van der Waals surface area contributed by atoms with Crippen molar-refractivity contribution in [2.75, 3.05) is 19.8 Å². The van der Waals surface area contributed by atoms with E-state index in [9.17, 15) is 4.79 Å². The number of aliphatic hydroxyl groups is 2. The van der Waals surface area contributed by atoms with Gasteiger partial charge in [-0.15, -0.1) is 0 Å². The number of hydrogen-bond acceptors (Lipinski definition) is 4. The van der Waals surface area contributed by atoms with Crippen molar-refractivity contribution in [3.8, 4) is 0 Å². The predicted molar refractivity (Wildman–Crippen MR) is 87.1 cm³/mol. The van der Waals surface area contributed by atoms with E-state index in [0.29, 0.717) is 6.61 Å². The first-order chi connectivity index (χ1) is 9.72. The molecule has 4 heteroatoms. The Kier molecular flexibility index (Phi) is 12.9. The van der Waals surface area contributed by atoms with Crippen LogP contribution in [0.15, 0.2) is 0 Å². The summed E-state index contributed by atoms with van der Waals surface area (Å²) in [7, 11) is 0. The van der Waals surface area contributed by atoms with Crippen LogP contribution in [0.3, 0.4) is 0 Å². The Labute approximate surface area is 130 Å². The molecule has 0 fully saturated rings. The average Bonchev–Trinajstić information content (AvgIpc) is 2.46. The van der Waals surface area contributed by atoms with Gasteiger partial charge in [-0.3, -0.25) is 4.79 Å². The maximum atomic E-state index is 12.3. The lowest BCUT2D eigenvalue weighted by Crippen LogP contribution is -2.34. The minimum Gasteiger partial charge on any atom is -0.465 e. The molecule has 0 saturated heterocycles. The van der Waals surface area contributed by atoms with Gasteiger partial charge in [0, 0.05) is 0 Å². The molecule has 0 radical (unpaired) electrons. The van der Waals surface area contributed by atoms with Crippen LogP contribution in [0.5, 0.6) is 0 Å². The fraction of sp³-hybridized carbons (Fsp3) is 0.941. The second-order valence-electron chi connectivity index (χ2n) is 6.67. The van der Waals surface area contributed by atoms with Crippen molar-refractivity contribution >= 4 is 5.97 Å². The molecule has 0 saturated carbocycles. The van der Waals surface area contributed by atoms with E-state index in [4.69, 9.17) is 14.9 Å². The van der Waals surface area contributed by atoms with Crippen LogP contribution in [-0.2, 0) is 9.53 Å². The quantitative estimate of drug-likeness (QED) is 0.673. The molecule has 0 rings (SSSR count). The topological polar surface area (TPSA) is 66.8 Å². The van der Waals surface area contributed by atoms with Crippen LogP contribution in [0, 0.1) is 10.8 Å². The molecule has 0 aromatic rings. The molecule has 0 spiro atoms. The molecule has 0 amide bonds. The number of aliphatic hydroxyl groups excluding tert-OH is 2. The molecule has 128 valence electrons. The molecule has 0 aliphatic rings. The molecule has 0 aromatic carbocycles. The largest absolute Gasteiger partial charge is 0.465 e. The molecule has 0 atom stereocenters. The highest BCUT2D eigenvalue weighted by atomic mass is 16.5. The zero-order chi connectivity index (χ0) is 16.9. The van der Waals surface area contributed by atoms with Crippen LogP contribution >= 0.6 is 0 Å². The number of ether oxygens (including phenoxy) is 1. The third kappa shape index (κ3) is 10.7. The summed E-state index contributed by atoms with van der Waals surface area (Å²) in [5, 5.41) is 15.2. The zero-order valence-electron chi connectivity index (χ0n) is 14.9. The van der Waals surface area contributed by atoms with Crippen molar-refractivity contribution in [3.05, 3.63) is 0 Å². The van der Waals surface area contributed by atoms with Crippen molar-refractivity contribution in [2.45, 2.75) is 73.6 Å². The summed E-state index contributed by atoms with van der Waals surface area (Å²) in [4.78, 5) is 12.3. The first-order valence-electron chi connectivity index (χ1n) is 8.11. The maximum Gasteiger partial charge on any atom is 0.312 e. The first kappa shape index (κ1) is 22.7. The molecule has 4 nitrogen and oxygen atoms in total. The predicted octanol–water partition coefficient (Wildman–Crippen LogP) is 3.54. The molecule has 0 aliphatic heterocycles. The van der Waals surface area contributed by atoms with Gasteiger partial charge in [0.05, 0.1) is 25.2 Å². The standard InChI is InChI=1S/C15H30O2.C2H6O2/c1-7-10-11-15(8-2,9-3)13(16)17-12-14(4,5)6;3-1-2-4/h7-12H2,1-6H3;3-4H,1-2H2. The fourth-order valence-corrected chi connectivity index (χ4v) is 1.94. The van der Waals surface area contributed by atoms with Crippen LogP contribution < -0.4 is 0 Å². The highest BCUT2D eigenvalue weighted by Crippen LogP contribution is 2.34. The summed E-state index contributed by atoms with van der Waals surface area (Å²) < 4.78 is 5.51. The van der Waals surface area contributed by atoms with Crippen molar-refractivity contribution in [1.82, 2.24) is 0 Å². The summed E-state index contributed by atoms with van der Waals surface area (Å²) >= 11 is 0. The van der Waals surface area contributed by atoms with Gasteiger partial charge in [0.15, 0.2) is 0 Å². The summed E-state index contributed by atoms with van der Waals surface area (Å²) in [6.45, 7) is 12.9. The van der Waals surface area contributed by atoms with Crippen LogP contribution in [0.2, 0.25) is 0 Å². The minimum atomic E-state index is -0.249. The summed E-state index contributed by atoms with van der Waals surface area (Å²) in [6, 6.07) is 0. The van der Waals surface area contributed by atoms with E-state index in [-0.39, 0.29) is 30.0 Å². The molecular formula is C17H36O4. The fourth-order valence-electron chi connectivity index (χ4n) is 1.94. The molecule has 0 bridgehead atoms. The Morgan fingerprint density at radius 1 is 1.00 bits per heavy atom. The van der Waals surface area contributed by atoms with E-state index in [1.807, 2.05) is 0 Å². The van der Waals surface area contributed by atoms with Crippen molar-refractivity contribution in [1.29, 1.82) is 0 Å². The molecule has 0 aromatic heterocycles. The van der Waals surface area contributed by atoms with Gasteiger partial charge in [-0.1, -0.05) is 54.4 Å². The van der Waals surface area contributed by atoms with Crippen molar-refractivity contribution in [3.63, 3.8) is 0 Å². The van der Waals surface area contributed by atoms with E-state index >= 15 is 0 Å². The molecule has 0 aliphatic carbocycles. The number of esters is 1. The molecule has 0 unspecified atom stereocenters. The first-order valence-corrected chi connectivity index (χ1v) is 8.11. The third-order valence-electron chi connectivity index (χ3n) is 3.53. The summed E-state index contributed by atoms with van der Waals surface area (Å²) in [6.07, 6.45) is 4.96. The summed E-state index contributed by atoms with van der Waals surface area (Å²) in [5.41, 5.74) is -0.200. The van der Waals surface area contributed by atoms with Gasteiger partial charge < -0.3 is 14.9 Å². The lowest BCUT2D eigenvalue weighted by Gasteiger charge is -2.30. The van der Waals surface area contributed by atoms with Crippen molar-refractivity contribution in [2.24, 2.45) is 10.8 Å². The Balaban J connectivity index is 0. The van der Waals surface area contributed by atoms with Gasteiger partial charge in [-0.05, 0) is 24.7 Å². The van der Waals surface area contributed by atoms with Crippen LogP contribution in [-0.4, -0.2) is 36.0 Å². The van der Waals surface area contributed by atoms with Gasteiger partial charge in [0.1, 0.15) is 0 Å². The number of unbranched alkanes of at least 4 members (excludes halogenated alkanes) is 1. The van der Waals surface area contributed by atoms with E-state index in [1.165, 1.54) is 0 Å². The van der Waals surface area contributed by atoms with E-state index in [2.05, 4.69) is 41.5 Å². The van der Waals surface area contributed by atoms with E-state index in [0.717, 1.165) is 32.1 Å². The molecular weight excluding hydrogens is 268 g/mol. The lowest BCUT2D eigenvalue weighted by atomic mass is 9.78. The second kappa shape index (κ2) is 12.0. The smallest absolute Gasteiger partial charge is 0.312 e. The van der Waals surface area contributed by atoms with Gasteiger partial charge >= 0.3 is 5.97 Å².